The van der Waals surface area contributed by atoms with Gasteiger partial charge in [0, 0.05) is 55.5 Å². The zero-order valence-corrected chi connectivity index (χ0v) is 23.7. The van der Waals surface area contributed by atoms with Crippen LogP contribution >= 0.6 is 0 Å². The third-order valence-corrected chi connectivity index (χ3v) is 7.47. The minimum Gasteiger partial charge on any atom is -0.493 e. The zero-order chi connectivity index (χ0) is 26.9. The Labute approximate surface area is 227 Å². The van der Waals surface area contributed by atoms with Gasteiger partial charge in [-0.1, -0.05) is 18.2 Å². The summed E-state index contributed by atoms with van der Waals surface area (Å²) in [6, 6.07) is 15.1. The minimum atomic E-state index is 0.508. The molecular formula is C31H44N4O3. The van der Waals surface area contributed by atoms with Gasteiger partial charge < -0.3 is 29.7 Å². The Morgan fingerprint density at radius 3 is 2.21 bits per heavy atom. The van der Waals surface area contributed by atoms with Crippen LogP contribution in [-0.4, -0.2) is 51.5 Å². The Morgan fingerprint density at radius 1 is 0.868 bits per heavy atom. The number of rotatable bonds is 13. The lowest BCUT2D eigenvalue weighted by atomic mass is 9.85. The largest absolute Gasteiger partial charge is 0.493 e. The second-order valence-electron chi connectivity index (χ2n) is 9.92. The molecule has 206 valence electrons. The molecule has 0 radical (unpaired) electrons. The SMILES string of the molecule is CCOc1cc(OCC)c(OCC)cc1CNCC1CCC(N(C)c2cc(NC)c3ccccc3n2)CC1. The van der Waals surface area contributed by atoms with E-state index in [0.29, 0.717) is 31.8 Å². The molecule has 1 fully saturated rings. The van der Waals surface area contributed by atoms with Crippen molar-refractivity contribution in [2.45, 2.75) is 59.0 Å². The summed E-state index contributed by atoms with van der Waals surface area (Å²) >= 11 is 0. The van der Waals surface area contributed by atoms with Crippen molar-refractivity contribution in [1.82, 2.24) is 10.3 Å². The molecule has 1 heterocycles. The molecule has 7 heteroatoms. The Kier molecular flexibility index (Phi) is 9.93. The Balaban J connectivity index is 1.33. The molecule has 2 aromatic carbocycles. The fourth-order valence-corrected chi connectivity index (χ4v) is 5.43. The molecule has 1 aromatic heterocycles. The van der Waals surface area contributed by atoms with Crippen LogP contribution in [0.15, 0.2) is 42.5 Å². The first-order chi connectivity index (χ1) is 18.6. The predicted octanol–water partition coefficient (Wildman–Crippen LogP) is 6.26. The van der Waals surface area contributed by atoms with E-state index in [0.717, 1.165) is 58.3 Å². The number of nitrogens with zero attached hydrogens (tertiary/aromatic N) is 2. The molecule has 1 saturated carbocycles. The number of hydrogen-bond donors (Lipinski definition) is 2. The van der Waals surface area contributed by atoms with Crippen molar-refractivity contribution >= 4 is 22.4 Å². The van der Waals surface area contributed by atoms with Crippen LogP contribution in [0.25, 0.3) is 10.9 Å². The van der Waals surface area contributed by atoms with Crippen LogP contribution in [0.1, 0.15) is 52.0 Å². The smallest absolute Gasteiger partial charge is 0.164 e. The van der Waals surface area contributed by atoms with Crippen LogP contribution in [0.5, 0.6) is 17.2 Å². The standard InChI is InChI=1S/C31H44N4O3/c1-6-36-28-19-30(38-8-3)29(37-7-2)17-23(28)21-33-20-22-13-15-24(16-14-22)35(5)31-18-27(32-4)25-11-9-10-12-26(25)34-31/h9-12,17-19,22,24,33H,6-8,13-16,20-21H2,1-5H3,(H,32,34). The van der Waals surface area contributed by atoms with Gasteiger partial charge in [-0.05, 0) is 71.0 Å². The van der Waals surface area contributed by atoms with Gasteiger partial charge in [0.1, 0.15) is 11.6 Å². The Hall–Kier alpha value is -3.19. The van der Waals surface area contributed by atoms with Crippen LogP contribution < -0.4 is 29.7 Å². The molecule has 0 bridgehead atoms. The van der Waals surface area contributed by atoms with Gasteiger partial charge in [0.15, 0.2) is 11.5 Å². The minimum absolute atomic E-state index is 0.508. The lowest BCUT2D eigenvalue weighted by Gasteiger charge is -2.35. The fraction of sp³-hybridized carbons (Fsp3) is 0.516. The summed E-state index contributed by atoms with van der Waals surface area (Å²) in [5.74, 6) is 4.09. The maximum absolute atomic E-state index is 5.93. The van der Waals surface area contributed by atoms with Crippen molar-refractivity contribution in [1.29, 1.82) is 0 Å². The number of para-hydroxylation sites is 1. The molecule has 0 atom stereocenters. The van der Waals surface area contributed by atoms with E-state index in [4.69, 9.17) is 19.2 Å². The van der Waals surface area contributed by atoms with E-state index in [2.05, 4.69) is 59.0 Å². The number of anilines is 2. The molecule has 38 heavy (non-hydrogen) atoms. The third kappa shape index (κ3) is 6.62. The van der Waals surface area contributed by atoms with Crippen LogP contribution in [-0.2, 0) is 6.54 Å². The molecule has 2 N–H and O–H groups in total. The summed E-state index contributed by atoms with van der Waals surface area (Å²) in [6.07, 6.45) is 4.77. The maximum Gasteiger partial charge on any atom is 0.164 e. The maximum atomic E-state index is 5.93. The monoisotopic (exact) mass is 520 g/mol. The van der Waals surface area contributed by atoms with Gasteiger partial charge >= 0.3 is 0 Å². The number of nitrogens with one attached hydrogen (secondary N) is 2. The molecule has 3 aromatic rings. The topological polar surface area (TPSA) is 67.9 Å². The number of hydrogen-bond acceptors (Lipinski definition) is 7. The summed E-state index contributed by atoms with van der Waals surface area (Å²) in [5, 5.41) is 8.20. The summed E-state index contributed by atoms with van der Waals surface area (Å²) in [5.41, 5.74) is 3.27. The highest BCUT2D eigenvalue weighted by molar-refractivity contribution is 5.93. The van der Waals surface area contributed by atoms with E-state index in [-0.39, 0.29) is 0 Å². The van der Waals surface area contributed by atoms with Crippen molar-refractivity contribution in [2.75, 3.05) is 50.7 Å². The molecule has 0 amide bonds. The second-order valence-corrected chi connectivity index (χ2v) is 9.92. The van der Waals surface area contributed by atoms with Crippen molar-refractivity contribution in [2.24, 2.45) is 5.92 Å². The lowest BCUT2D eigenvalue weighted by molar-refractivity contribution is 0.280. The highest BCUT2D eigenvalue weighted by Crippen LogP contribution is 2.36. The molecule has 0 saturated heterocycles. The number of aromatic nitrogens is 1. The molecule has 1 aliphatic rings. The number of fused-ring (bicyclic) bond motifs is 1. The predicted molar refractivity (Wildman–Crippen MR) is 157 cm³/mol. The summed E-state index contributed by atoms with van der Waals surface area (Å²) < 4.78 is 17.6. The van der Waals surface area contributed by atoms with E-state index in [9.17, 15) is 0 Å². The van der Waals surface area contributed by atoms with Gasteiger partial charge in [0.25, 0.3) is 0 Å². The molecule has 1 aliphatic carbocycles. The van der Waals surface area contributed by atoms with Gasteiger partial charge in [0.05, 0.1) is 25.3 Å². The summed E-state index contributed by atoms with van der Waals surface area (Å²) in [6.45, 7) is 9.54. The number of ether oxygens (including phenoxy) is 3. The van der Waals surface area contributed by atoms with Crippen LogP contribution in [0.4, 0.5) is 11.5 Å². The van der Waals surface area contributed by atoms with E-state index in [1.54, 1.807) is 0 Å². The second kappa shape index (κ2) is 13.6. The van der Waals surface area contributed by atoms with Crippen LogP contribution in [0, 0.1) is 5.92 Å². The first-order valence-corrected chi connectivity index (χ1v) is 14.1. The van der Waals surface area contributed by atoms with E-state index >= 15 is 0 Å². The third-order valence-electron chi connectivity index (χ3n) is 7.47. The van der Waals surface area contributed by atoms with E-state index in [1.807, 2.05) is 33.9 Å². The average Bonchev–Trinajstić information content (AvgIpc) is 2.94. The van der Waals surface area contributed by atoms with E-state index < -0.39 is 0 Å². The van der Waals surface area contributed by atoms with Crippen molar-refractivity contribution < 1.29 is 14.2 Å². The van der Waals surface area contributed by atoms with E-state index in [1.165, 1.54) is 25.7 Å². The quantitative estimate of drug-likeness (QED) is 0.276. The fourth-order valence-electron chi connectivity index (χ4n) is 5.43. The molecule has 4 rings (SSSR count). The molecule has 0 unspecified atom stereocenters. The lowest BCUT2D eigenvalue weighted by Crippen LogP contribution is -2.37. The Bertz CT molecular complexity index is 1180. The number of pyridine rings is 1. The van der Waals surface area contributed by atoms with Crippen LogP contribution in [0.2, 0.25) is 0 Å². The molecule has 0 spiro atoms. The molecule has 7 nitrogen and oxygen atoms in total. The molecule has 0 aliphatic heterocycles. The van der Waals surface area contributed by atoms with Gasteiger partial charge in [-0.3, -0.25) is 0 Å². The Morgan fingerprint density at radius 2 is 1.53 bits per heavy atom. The zero-order valence-electron chi connectivity index (χ0n) is 23.7. The van der Waals surface area contributed by atoms with Gasteiger partial charge in [-0.2, -0.15) is 0 Å². The highest BCUT2D eigenvalue weighted by atomic mass is 16.5. The van der Waals surface area contributed by atoms with Crippen molar-refractivity contribution in [3.63, 3.8) is 0 Å². The average molecular weight is 521 g/mol. The van der Waals surface area contributed by atoms with Crippen LogP contribution in [0.3, 0.4) is 0 Å². The van der Waals surface area contributed by atoms with Crippen molar-refractivity contribution in [3.05, 3.63) is 48.0 Å². The highest BCUT2D eigenvalue weighted by Gasteiger charge is 2.25. The molecular weight excluding hydrogens is 476 g/mol. The van der Waals surface area contributed by atoms with Crippen molar-refractivity contribution in [3.8, 4) is 17.2 Å². The summed E-state index contributed by atoms with van der Waals surface area (Å²) in [7, 11) is 4.17. The first kappa shape index (κ1) is 27.8. The number of benzene rings is 2. The first-order valence-electron chi connectivity index (χ1n) is 14.1. The van der Waals surface area contributed by atoms with Gasteiger partial charge in [-0.15, -0.1) is 0 Å². The normalized spacial score (nSPS) is 17.3. The van der Waals surface area contributed by atoms with Gasteiger partial charge in [0.2, 0.25) is 0 Å². The van der Waals surface area contributed by atoms with Gasteiger partial charge in [-0.25, -0.2) is 4.98 Å². The summed E-state index contributed by atoms with van der Waals surface area (Å²) in [4.78, 5) is 7.34.